The first kappa shape index (κ1) is 23.0. The highest BCUT2D eigenvalue weighted by Gasteiger charge is 2.38. The van der Waals surface area contributed by atoms with E-state index in [-0.39, 0.29) is 18.1 Å². The molecule has 0 bridgehead atoms. The minimum atomic E-state index is -4.72. The number of hydrogen-bond donors (Lipinski definition) is 1. The van der Waals surface area contributed by atoms with Gasteiger partial charge in [-0.15, -0.1) is 0 Å². The molecule has 2 aromatic heterocycles. The van der Waals surface area contributed by atoms with Crippen LogP contribution in [-0.2, 0) is 28.5 Å². The lowest BCUT2D eigenvalue weighted by atomic mass is 10.1. The van der Waals surface area contributed by atoms with Gasteiger partial charge in [-0.1, -0.05) is 47.1 Å². The van der Waals surface area contributed by atoms with Crippen LogP contribution in [0.4, 0.5) is 13.2 Å². The molecule has 0 amide bonds. The van der Waals surface area contributed by atoms with Gasteiger partial charge in [0.15, 0.2) is 0 Å². The van der Waals surface area contributed by atoms with Gasteiger partial charge < -0.3 is 9.09 Å². The van der Waals surface area contributed by atoms with Gasteiger partial charge in [0, 0.05) is 35.8 Å². The number of fused-ring (bicyclic) bond motifs is 1. The van der Waals surface area contributed by atoms with Gasteiger partial charge in [0.05, 0.1) is 5.75 Å². The summed E-state index contributed by atoms with van der Waals surface area (Å²) in [6, 6.07) is 12.3. The topological polar surface area (TPSA) is 90.0 Å². The van der Waals surface area contributed by atoms with E-state index in [1.165, 1.54) is 0 Å². The average Bonchev–Trinajstić information content (AvgIpc) is 3.35. The van der Waals surface area contributed by atoms with Crippen LogP contribution in [0.5, 0.6) is 0 Å². The first-order valence-corrected chi connectivity index (χ1v) is 11.7. The summed E-state index contributed by atoms with van der Waals surface area (Å²) in [6.07, 6.45) is -2.86. The normalized spacial score (nSPS) is 12.5. The number of benzene rings is 2. The Morgan fingerprint density at radius 2 is 1.82 bits per heavy atom. The van der Waals surface area contributed by atoms with Crippen LogP contribution in [0.25, 0.3) is 22.3 Å². The third-order valence-electron chi connectivity index (χ3n) is 5.16. The zero-order valence-electron chi connectivity index (χ0n) is 17.8. The molecule has 4 rings (SSSR count). The second-order valence-electron chi connectivity index (χ2n) is 7.80. The van der Waals surface area contributed by atoms with Crippen LogP contribution in [0.2, 0.25) is 0 Å². The van der Waals surface area contributed by atoms with Crippen LogP contribution in [0.15, 0.2) is 53.2 Å². The number of sulfonamides is 1. The zero-order chi connectivity index (χ0) is 23.8. The first-order valence-electron chi connectivity index (χ1n) is 10.1. The van der Waals surface area contributed by atoms with Crippen LogP contribution in [0.3, 0.4) is 0 Å². The molecule has 1 N–H and O–H groups in total. The molecule has 0 fully saturated rings. The standard InChI is InChI=1S/C22H21F3N4O3S/c1-14-3-5-16(6-4-14)13-33(30,31)26-9-10-29-12-15(2)18-8-7-17(11-19(18)29)20-27-21(32-28-20)22(23,24)25/h3-8,11-12,26H,9-10,13H2,1-2H3. The maximum absolute atomic E-state index is 12.8. The van der Waals surface area contributed by atoms with Crippen LogP contribution in [-0.4, -0.2) is 29.7 Å². The van der Waals surface area contributed by atoms with Gasteiger partial charge in [-0.3, -0.25) is 0 Å². The fourth-order valence-electron chi connectivity index (χ4n) is 3.53. The summed E-state index contributed by atoms with van der Waals surface area (Å²) in [7, 11) is -3.53. The smallest absolute Gasteiger partial charge is 0.346 e. The fourth-order valence-corrected chi connectivity index (χ4v) is 4.67. The average molecular weight is 478 g/mol. The highest BCUT2D eigenvalue weighted by atomic mass is 32.2. The number of nitrogens with one attached hydrogen (secondary N) is 1. The maximum atomic E-state index is 12.8. The van der Waals surface area contributed by atoms with Crippen molar-refractivity contribution in [2.75, 3.05) is 6.54 Å². The predicted molar refractivity (Wildman–Crippen MR) is 117 cm³/mol. The first-order chi connectivity index (χ1) is 15.5. The van der Waals surface area contributed by atoms with E-state index < -0.39 is 22.1 Å². The number of aromatic nitrogens is 3. The van der Waals surface area contributed by atoms with E-state index in [1.807, 2.05) is 36.7 Å². The van der Waals surface area contributed by atoms with E-state index in [9.17, 15) is 21.6 Å². The molecule has 0 spiro atoms. The van der Waals surface area contributed by atoms with Gasteiger partial charge >= 0.3 is 12.1 Å². The summed E-state index contributed by atoms with van der Waals surface area (Å²) >= 11 is 0. The summed E-state index contributed by atoms with van der Waals surface area (Å²) in [5.41, 5.74) is 3.78. The minimum absolute atomic E-state index is 0.123. The zero-order valence-corrected chi connectivity index (χ0v) is 18.7. The van der Waals surface area contributed by atoms with Crippen molar-refractivity contribution in [3.8, 4) is 11.4 Å². The Hall–Kier alpha value is -3.18. The van der Waals surface area contributed by atoms with E-state index >= 15 is 0 Å². The maximum Gasteiger partial charge on any atom is 0.471 e. The lowest BCUT2D eigenvalue weighted by molar-refractivity contribution is -0.159. The highest BCUT2D eigenvalue weighted by Crippen LogP contribution is 2.31. The molecule has 11 heteroatoms. The number of hydrogen-bond acceptors (Lipinski definition) is 5. The molecule has 0 aliphatic heterocycles. The number of rotatable bonds is 7. The summed E-state index contributed by atoms with van der Waals surface area (Å²) in [4.78, 5) is 3.43. The third kappa shape index (κ3) is 5.25. The molecule has 0 aliphatic rings. The monoisotopic (exact) mass is 478 g/mol. The Morgan fingerprint density at radius 3 is 2.48 bits per heavy atom. The molecule has 2 heterocycles. The van der Waals surface area contributed by atoms with Crippen molar-refractivity contribution in [1.82, 2.24) is 19.4 Å². The van der Waals surface area contributed by atoms with Gasteiger partial charge in [0.2, 0.25) is 15.8 Å². The molecule has 0 aliphatic carbocycles. The van der Waals surface area contributed by atoms with Gasteiger partial charge in [-0.05, 0) is 31.0 Å². The molecule has 2 aromatic carbocycles. The van der Waals surface area contributed by atoms with Crippen molar-refractivity contribution in [3.63, 3.8) is 0 Å². The van der Waals surface area contributed by atoms with E-state index in [2.05, 4.69) is 19.4 Å². The molecular formula is C22H21F3N4O3S. The quantitative estimate of drug-likeness (QED) is 0.424. The summed E-state index contributed by atoms with van der Waals surface area (Å²) in [5.74, 6) is -1.71. The SMILES string of the molecule is Cc1ccc(CS(=O)(=O)NCCn2cc(C)c3ccc(-c4noc(C(F)(F)F)n4)cc32)cc1. The van der Waals surface area contributed by atoms with E-state index in [0.717, 1.165) is 22.0 Å². The molecule has 4 aromatic rings. The molecule has 0 atom stereocenters. The highest BCUT2D eigenvalue weighted by molar-refractivity contribution is 7.88. The summed E-state index contributed by atoms with van der Waals surface area (Å²) in [6.45, 7) is 4.32. The lowest BCUT2D eigenvalue weighted by Crippen LogP contribution is -2.28. The Morgan fingerprint density at radius 1 is 1.09 bits per heavy atom. The summed E-state index contributed by atoms with van der Waals surface area (Å²) < 4.78 is 71.9. The second kappa shape index (κ2) is 8.64. The number of halogens is 3. The number of nitrogens with zero attached hydrogens (tertiary/aromatic N) is 3. The van der Waals surface area contributed by atoms with Crippen molar-refractivity contribution >= 4 is 20.9 Å². The Labute approximate surface area is 188 Å². The Balaban J connectivity index is 1.50. The largest absolute Gasteiger partial charge is 0.471 e. The summed E-state index contributed by atoms with van der Waals surface area (Å²) in [5, 5.41) is 4.32. The van der Waals surface area contributed by atoms with Crippen LogP contribution in [0.1, 0.15) is 22.6 Å². The van der Waals surface area contributed by atoms with Gasteiger partial charge in [0.1, 0.15) is 0 Å². The van der Waals surface area contributed by atoms with Crippen LogP contribution in [0, 0.1) is 13.8 Å². The molecule has 0 saturated carbocycles. The van der Waals surface area contributed by atoms with E-state index in [0.29, 0.717) is 17.7 Å². The van der Waals surface area contributed by atoms with E-state index in [4.69, 9.17) is 0 Å². The van der Waals surface area contributed by atoms with Crippen LogP contribution < -0.4 is 4.72 Å². The Bertz CT molecular complexity index is 1390. The van der Waals surface area contributed by atoms with Crippen LogP contribution >= 0.6 is 0 Å². The van der Waals surface area contributed by atoms with Crippen molar-refractivity contribution < 1.29 is 26.1 Å². The van der Waals surface area contributed by atoms with Crippen molar-refractivity contribution in [1.29, 1.82) is 0 Å². The lowest BCUT2D eigenvalue weighted by Gasteiger charge is -2.09. The molecule has 7 nitrogen and oxygen atoms in total. The van der Waals surface area contributed by atoms with Crippen molar-refractivity contribution in [2.45, 2.75) is 32.3 Å². The Kier molecular flexibility index (Phi) is 6.02. The molecule has 0 radical (unpaired) electrons. The number of alkyl halides is 3. The third-order valence-corrected chi connectivity index (χ3v) is 6.52. The van der Waals surface area contributed by atoms with Crippen molar-refractivity contribution in [2.24, 2.45) is 0 Å². The van der Waals surface area contributed by atoms with Gasteiger partial charge in [-0.2, -0.15) is 18.2 Å². The van der Waals surface area contributed by atoms with Gasteiger partial charge in [0.25, 0.3) is 0 Å². The number of aryl methyl sites for hydroxylation is 2. The molecule has 0 unspecified atom stereocenters. The molecule has 0 saturated heterocycles. The predicted octanol–water partition coefficient (Wildman–Crippen LogP) is 4.45. The molecular weight excluding hydrogens is 457 g/mol. The minimum Gasteiger partial charge on any atom is -0.346 e. The second-order valence-corrected chi connectivity index (χ2v) is 9.60. The van der Waals surface area contributed by atoms with Gasteiger partial charge in [-0.25, -0.2) is 13.1 Å². The fraction of sp³-hybridized carbons (Fsp3) is 0.273. The molecule has 174 valence electrons. The van der Waals surface area contributed by atoms with Crippen molar-refractivity contribution in [3.05, 3.63) is 71.2 Å². The van der Waals surface area contributed by atoms with E-state index in [1.54, 1.807) is 30.3 Å². The molecule has 33 heavy (non-hydrogen) atoms.